The number of fused-ring (bicyclic) bond motifs is 5. The third kappa shape index (κ3) is 10.9. The van der Waals surface area contributed by atoms with Crippen LogP contribution in [-0.2, 0) is 37.9 Å². The lowest BCUT2D eigenvalue weighted by Gasteiger charge is -2.20. The maximum Gasteiger partial charge on any atom is 0.403 e. The number of carboxylic acids is 4. The standard InChI is InChI=1S/C47H53N6O14P/c1-7-27-21(3)33-17-35-23(5)29(43(51-35)30-16-39(55)42-24(6)36(52-44(30)42)19-38-28(8-2)22(4)34(49-38)18-37(27)48-33)10-13-40(56)50-31(46(61)62)11-9-26(54)15-25(45(59)60)20-67-68(65,66)53-32(47(63)64)12-14-41(57)58/h7,17-19,25,31-32,48,55H,1,8-16,20H2,2-6H3,(H,50,56)(H,57,58)(H,59,60)(H,61,62)(H,63,64)(H2,53,65,66)/t25-,31-,32-/m0/s1. The smallest absolute Gasteiger partial charge is 0.403 e. The van der Waals surface area contributed by atoms with Crippen molar-refractivity contribution in [3.8, 4) is 0 Å². The molecule has 0 spiro atoms. The first-order valence-corrected chi connectivity index (χ1v) is 23.4. The number of H-pyrrole nitrogens is 1. The summed E-state index contributed by atoms with van der Waals surface area (Å²) >= 11 is 0. The molecule has 1 aromatic heterocycles. The minimum absolute atomic E-state index is 0.0910. The Bertz CT molecular complexity index is 2920. The van der Waals surface area contributed by atoms with E-state index in [1.807, 2.05) is 45.9 Å². The van der Waals surface area contributed by atoms with Gasteiger partial charge in [0.25, 0.3) is 0 Å². The predicted molar refractivity (Wildman–Crippen MR) is 250 cm³/mol. The SMILES string of the molecule is C=Cc1c(C)c2[nH]c1=CC1=NC(=CC3=C(C)C4=C(O)CC(=C5N=C(C=2)C(C)=C5CCC(=O)N[C@@H](CCC(=O)C[C@@H](COP(=O)(O)N[C@@H](CCC(=O)O)C(=O)O)C(=O)O)C(=O)O)C4=N3)C(CC)=C1C. The van der Waals surface area contributed by atoms with E-state index in [1.54, 1.807) is 11.2 Å². The van der Waals surface area contributed by atoms with E-state index in [0.29, 0.717) is 39.5 Å². The molecule has 9 N–H and O–H groups in total. The predicted octanol–water partition coefficient (Wildman–Crippen LogP) is 4.39. The number of aromatic nitrogens is 1. The number of aliphatic imine (C=N–C) groups is 3. The topological polar surface area (TPSA) is 327 Å². The number of amides is 1. The molecule has 1 unspecified atom stereocenters. The second-order valence-electron chi connectivity index (χ2n) is 16.9. The first-order valence-electron chi connectivity index (χ1n) is 21.8. The number of rotatable bonds is 22. The van der Waals surface area contributed by atoms with Crippen molar-refractivity contribution in [2.24, 2.45) is 20.9 Å². The molecule has 1 aliphatic carbocycles. The number of Topliss-reactive ketones (excluding diaryl/α,β-unsaturated/α-hetero) is 1. The fourth-order valence-corrected chi connectivity index (χ4v) is 9.71. The van der Waals surface area contributed by atoms with Gasteiger partial charge in [-0.25, -0.2) is 29.4 Å². The number of carbonyl (C=O) groups excluding carboxylic acids is 2. The first-order chi connectivity index (χ1) is 32.0. The van der Waals surface area contributed by atoms with E-state index in [4.69, 9.17) is 24.6 Å². The Morgan fingerprint density at radius 2 is 1.50 bits per heavy atom. The van der Waals surface area contributed by atoms with Crippen molar-refractivity contribution in [3.05, 3.63) is 96.3 Å². The summed E-state index contributed by atoms with van der Waals surface area (Å²) in [4.78, 5) is 102. The van der Waals surface area contributed by atoms with Crippen LogP contribution in [0.25, 0.3) is 18.2 Å². The fourth-order valence-electron chi connectivity index (χ4n) is 8.62. The molecule has 5 heterocycles. The van der Waals surface area contributed by atoms with Crippen LogP contribution < -0.4 is 21.1 Å². The summed E-state index contributed by atoms with van der Waals surface area (Å²) in [6.45, 7) is 12.9. The molecule has 0 fully saturated rings. The molecular weight excluding hydrogens is 904 g/mol. The Hall–Kier alpha value is -6.86. The Morgan fingerprint density at radius 3 is 2.13 bits per heavy atom. The van der Waals surface area contributed by atoms with Gasteiger partial charge >= 0.3 is 31.6 Å². The second-order valence-corrected chi connectivity index (χ2v) is 18.5. The van der Waals surface area contributed by atoms with Gasteiger partial charge in [0, 0.05) is 59.5 Å². The zero-order chi connectivity index (χ0) is 49.9. The van der Waals surface area contributed by atoms with Gasteiger partial charge in [-0.1, -0.05) is 19.6 Å². The van der Waals surface area contributed by atoms with Gasteiger partial charge in [0.05, 0.1) is 46.8 Å². The minimum atomic E-state index is -5.01. The normalized spacial score (nSPS) is 18.6. The molecule has 68 heavy (non-hydrogen) atoms. The summed E-state index contributed by atoms with van der Waals surface area (Å²) in [6.07, 6.45) is 5.37. The summed E-state index contributed by atoms with van der Waals surface area (Å²) in [5.41, 5.74) is 11.2. The molecule has 4 atom stereocenters. The third-order valence-electron chi connectivity index (χ3n) is 12.4. The molecule has 4 aliphatic heterocycles. The van der Waals surface area contributed by atoms with Gasteiger partial charge in [0.15, 0.2) is 0 Å². The van der Waals surface area contributed by atoms with Crippen molar-refractivity contribution in [1.82, 2.24) is 15.4 Å². The van der Waals surface area contributed by atoms with Crippen LogP contribution in [0.1, 0.15) is 96.6 Å². The van der Waals surface area contributed by atoms with Gasteiger partial charge in [-0.3, -0.25) is 28.5 Å². The van der Waals surface area contributed by atoms with Gasteiger partial charge < -0.3 is 40.7 Å². The molecular formula is C47H53N6O14P. The highest BCUT2D eigenvalue weighted by Crippen LogP contribution is 2.45. The largest absolute Gasteiger partial charge is 0.511 e. The number of aliphatic carboxylic acids is 4. The van der Waals surface area contributed by atoms with Crippen LogP contribution in [0.5, 0.6) is 0 Å². The monoisotopic (exact) mass is 956 g/mol. The lowest BCUT2D eigenvalue weighted by Crippen LogP contribution is -2.41. The van der Waals surface area contributed by atoms with Gasteiger partial charge in [-0.15, -0.1) is 0 Å². The Kier molecular flexibility index (Phi) is 15.3. The van der Waals surface area contributed by atoms with Crippen molar-refractivity contribution in [3.63, 3.8) is 0 Å². The molecule has 0 saturated heterocycles. The second kappa shape index (κ2) is 20.6. The van der Waals surface area contributed by atoms with Gasteiger partial charge in [0.2, 0.25) is 5.91 Å². The number of aromatic amines is 1. The van der Waals surface area contributed by atoms with Crippen LogP contribution in [0.15, 0.2) is 89.5 Å². The molecule has 20 nitrogen and oxygen atoms in total. The van der Waals surface area contributed by atoms with E-state index < -0.39 is 100 Å². The molecule has 8 bridgehead atoms. The molecule has 6 rings (SSSR count). The number of nitrogens with zero attached hydrogens (tertiary/aromatic N) is 3. The van der Waals surface area contributed by atoms with E-state index in [0.717, 1.165) is 61.9 Å². The summed E-state index contributed by atoms with van der Waals surface area (Å²) in [5, 5.41) is 54.9. The van der Waals surface area contributed by atoms with E-state index in [1.165, 1.54) is 0 Å². The van der Waals surface area contributed by atoms with Crippen LogP contribution in [-0.4, -0.2) is 107 Å². The molecule has 5 aliphatic rings. The van der Waals surface area contributed by atoms with Crippen LogP contribution >= 0.6 is 7.75 Å². The van der Waals surface area contributed by atoms with Crippen molar-refractivity contribution in [2.75, 3.05) is 6.61 Å². The van der Waals surface area contributed by atoms with E-state index >= 15 is 0 Å². The number of carbonyl (C=O) groups is 6. The number of ketones is 1. The molecule has 0 aromatic carbocycles. The maximum atomic E-state index is 13.5. The van der Waals surface area contributed by atoms with Gasteiger partial charge in [-0.05, 0) is 105 Å². The van der Waals surface area contributed by atoms with Gasteiger partial charge in [0.1, 0.15) is 23.6 Å². The van der Waals surface area contributed by atoms with Crippen molar-refractivity contribution in [2.45, 2.75) is 104 Å². The number of aliphatic hydroxyl groups is 1. The molecule has 360 valence electrons. The number of aliphatic hydroxyl groups excluding tert-OH is 1. The molecule has 0 saturated carbocycles. The fraction of sp³-hybridized carbons (Fsp3) is 0.383. The Labute approximate surface area is 389 Å². The Morgan fingerprint density at radius 1 is 0.853 bits per heavy atom. The quantitative estimate of drug-likeness (QED) is 0.0728. The lowest BCUT2D eigenvalue weighted by molar-refractivity contribution is -0.145. The molecule has 1 aromatic rings. The van der Waals surface area contributed by atoms with Crippen molar-refractivity contribution in [1.29, 1.82) is 0 Å². The first kappa shape index (κ1) is 50.6. The zero-order valence-corrected chi connectivity index (χ0v) is 39.0. The average Bonchev–Trinajstić information content (AvgIpc) is 4.02. The summed E-state index contributed by atoms with van der Waals surface area (Å²) in [7, 11) is -5.01. The number of carboxylic acid groups (broad SMARTS) is 4. The number of nitrogens with one attached hydrogen (secondary N) is 3. The van der Waals surface area contributed by atoms with Crippen LogP contribution in [0, 0.1) is 12.8 Å². The summed E-state index contributed by atoms with van der Waals surface area (Å²) < 4.78 is 17.2. The minimum Gasteiger partial charge on any atom is -0.511 e. The molecule has 0 radical (unpaired) electrons. The molecule has 21 heteroatoms. The highest BCUT2D eigenvalue weighted by Gasteiger charge is 2.38. The van der Waals surface area contributed by atoms with Crippen LogP contribution in [0.4, 0.5) is 0 Å². The van der Waals surface area contributed by atoms with E-state index in [9.17, 15) is 58.7 Å². The number of hydrogen-bond acceptors (Lipinski definition) is 12. The van der Waals surface area contributed by atoms with E-state index in [2.05, 4.69) is 23.8 Å². The summed E-state index contributed by atoms with van der Waals surface area (Å²) in [5.74, 6) is -9.13. The maximum absolute atomic E-state index is 13.5. The van der Waals surface area contributed by atoms with Crippen LogP contribution in [0.2, 0.25) is 0 Å². The summed E-state index contributed by atoms with van der Waals surface area (Å²) in [6, 6.07) is -3.39. The highest BCUT2D eigenvalue weighted by molar-refractivity contribution is 7.50. The lowest BCUT2D eigenvalue weighted by atomic mass is 9.95. The Balaban J connectivity index is 1.19. The van der Waals surface area contributed by atoms with E-state index in [-0.39, 0.29) is 25.0 Å². The highest BCUT2D eigenvalue weighted by atomic mass is 31.2. The molecule has 1 amide bonds. The number of allylic oxidation sites excluding steroid dienone is 8. The average molecular weight is 957 g/mol. The number of hydrogen-bond donors (Lipinski definition) is 9. The van der Waals surface area contributed by atoms with Crippen LogP contribution in [0.3, 0.4) is 0 Å². The van der Waals surface area contributed by atoms with Crippen molar-refractivity contribution < 1.29 is 68.3 Å². The zero-order valence-electron chi connectivity index (χ0n) is 38.1. The van der Waals surface area contributed by atoms with Crippen molar-refractivity contribution >= 4 is 78.7 Å². The van der Waals surface area contributed by atoms with Gasteiger partial charge in [-0.2, -0.15) is 0 Å². The third-order valence-corrected chi connectivity index (χ3v) is 13.6.